The molecule has 0 saturated carbocycles. The number of aromatic nitrogens is 2. The van der Waals surface area contributed by atoms with Crippen LogP contribution in [0, 0.1) is 0 Å². The minimum Gasteiger partial charge on any atom is -0.387 e. The van der Waals surface area contributed by atoms with Crippen LogP contribution in [0.25, 0.3) is 0 Å². The minimum atomic E-state index is -0.425. The molecular weight excluding hydrogens is 238 g/mol. The Bertz CT molecular complexity index is 550. The first-order valence-corrected chi connectivity index (χ1v) is 6.68. The first kappa shape index (κ1) is 12.4. The van der Waals surface area contributed by atoms with E-state index >= 15 is 0 Å². The van der Waals surface area contributed by atoms with Gasteiger partial charge in [-0.3, -0.25) is 4.90 Å². The highest BCUT2D eigenvalue weighted by atomic mass is 16.3. The third-order valence-electron chi connectivity index (χ3n) is 3.80. The van der Waals surface area contributed by atoms with Crippen LogP contribution in [0.1, 0.15) is 23.1 Å². The summed E-state index contributed by atoms with van der Waals surface area (Å²) in [5.74, 6) is 0. The lowest BCUT2D eigenvalue weighted by Gasteiger charge is -2.28. The monoisotopic (exact) mass is 257 g/mol. The van der Waals surface area contributed by atoms with Crippen molar-refractivity contribution >= 4 is 0 Å². The molecule has 1 aliphatic rings. The fourth-order valence-electron chi connectivity index (χ4n) is 2.69. The van der Waals surface area contributed by atoms with E-state index < -0.39 is 6.10 Å². The van der Waals surface area contributed by atoms with Gasteiger partial charge in [-0.05, 0) is 5.56 Å². The largest absolute Gasteiger partial charge is 0.387 e. The number of imidazole rings is 1. The zero-order valence-corrected chi connectivity index (χ0v) is 11.2. The molecular formula is C15H19N3O. The second-order valence-electron chi connectivity index (χ2n) is 5.16. The summed E-state index contributed by atoms with van der Waals surface area (Å²) in [5.41, 5.74) is 3.45. The van der Waals surface area contributed by atoms with Crippen molar-refractivity contribution in [1.29, 1.82) is 0 Å². The van der Waals surface area contributed by atoms with Crippen molar-refractivity contribution in [3.8, 4) is 0 Å². The lowest BCUT2D eigenvalue weighted by molar-refractivity contribution is 0.105. The molecule has 19 heavy (non-hydrogen) atoms. The molecule has 0 saturated heterocycles. The summed E-state index contributed by atoms with van der Waals surface area (Å²) in [6.07, 6.45) is 2.46. The number of hydrogen-bond acceptors (Lipinski definition) is 3. The van der Waals surface area contributed by atoms with Crippen LogP contribution in [0.4, 0.5) is 0 Å². The van der Waals surface area contributed by atoms with Crippen LogP contribution in [0.15, 0.2) is 36.7 Å². The Hall–Kier alpha value is -1.65. The SMILES string of the molecule is Cn1cnc2c1CCN(C[C@H](O)c1ccccc1)C2. The lowest BCUT2D eigenvalue weighted by Crippen LogP contribution is -2.34. The fourth-order valence-corrected chi connectivity index (χ4v) is 2.69. The molecule has 0 bridgehead atoms. The van der Waals surface area contributed by atoms with Gasteiger partial charge in [0.25, 0.3) is 0 Å². The normalized spacial score (nSPS) is 17.2. The van der Waals surface area contributed by atoms with Gasteiger partial charge >= 0.3 is 0 Å². The van der Waals surface area contributed by atoms with E-state index in [9.17, 15) is 5.11 Å². The van der Waals surface area contributed by atoms with Crippen molar-refractivity contribution in [2.24, 2.45) is 7.05 Å². The van der Waals surface area contributed by atoms with Gasteiger partial charge in [0.05, 0.1) is 18.1 Å². The van der Waals surface area contributed by atoms with Crippen molar-refractivity contribution in [3.63, 3.8) is 0 Å². The Balaban J connectivity index is 1.66. The third kappa shape index (κ3) is 2.55. The van der Waals surface area contributed by atoms with Gasteiger partial charge in [-0.1, -0.05) is 30.3 Å². The van der Waals surface area contributed by atoms with Crippen molar-refractivity contribution in [2.45, 2.75) is 19.1 Å². The number of benzene rings is 1. The highest BCUT2D eigenvalue weighted by molar-refractivity contribution is 5.19. The quantitative estimate of drug-likeness (QED) is 0.906. The summed E-state index contributed by atoms with van der Waals surface area (Å²) in [7, 11) is 2.04. The van der Waals surface area contributed by atoms with Gasteiger partial charge < -0.3 is 9.67 Å². The van der Waals surface area contributed by atoms with E-state index in [0.717, 1.165) is 30.8 Å². The van der Waals surface area contributed by atoms with Crippen LogP contribution < -0.4 is 0 Å². The maximum absolute atomic E-state index is 10.3. The molecule has 2 aromatic rings. The summed E-state index contributed by atoms with van der Waals surface area (Å²) < 4.78 is 2.10. The second kappa shape index (κ2) is 5.15. The van der Waals surface area contributed by atoms with Gasteiger partial charge in [0.15, 0.2) is 0 Å². The summed E-state index contributed by atoms with van der Waals surface area (Å²) in [4.78, 5) is 6.70. The number of aliphatic hydroxyl groups is 1. The molecule has 4 heteroatoms. The van der Waals surface area contributed by atoms with E-state index in [4.69, 9.17) is 0 Å². The molecule has 0 unspecified atom stereocenters. The van der Waals surface area contributed by atoms with Gasteiger partial charge in [-0.25, -0.2) is 4.98 Å². The Kier molecular flexibility index (Phi) is 3.36. The maximum Gasteiger partial charge on any atom is 0.0949 e. The van der Waals surface area contributed by atoms with Crippen LogP contribution in [0.3, 0.4) is 0 Å². The Morgan fingerprint density at radius 1 is 1.32 bits per heavy atom. The zero-order valence-electron chi connectivity index (χ0n) is 11.2. The topological polar surface area (TPSA) is 41.3 Å². The smallest absolute Gasteiger partial charge is 0.0949 e. The number of aliphatic hydroxyl groups excluding tert-OH is 1. The number of nitrogens with zero attached hydrogens (tertiary/aromatic N) is 3. The summed E-state index contributed by atoms with van der Waals surface area (Å²) in [6, 6.07) is 9.84. The van der Waals surface area contributed by atoms with E-state index in [1.165, 1.54) is 5.69 Å². The van der Waals surface area contributed by atoms with Crippen LogP contribution in [-0.4, -0.2) is 32.6 Å². The number of hydrogen-bond donors (Lipinski definition) is 1. The Morgan fingerprint density at radius 3 is 2.89 bits per heavy atom. The predicted molar refractivity (Wildman–Crippen MR) is 73.6 cm³/mol. The molecule has 0 radical (unpaired) electrons. The third-order valence-corrected chi connectivity index (χ3v) is 3.80. The molecule has 1 aromatic heterocycles. The summed E-state index contributed by atoms with van der Waals surface area (Å²) in [6.45, 7) is 2.48. The Morgan fingerprint density at radius 2 is 2.11 bits per heavy atom. The van der Waals surface area contributed by atoms with E-state index in [0.29, 0.717) is 6.54 Å². The highest BCUT2D eigenvalue weighted by Gasteiger charge is 2.22. The number of rotatable bonds is 3. The first-order chi connectivity index (χ1) is 9.24. The highest BCUT2D eigenvalue weighted by Crippen LogP contribution is 2.20. The molecule has 1 atom stereocenters. The number of aryl methyl sites for hydroxylation is 1. The van der Waals surface area contributed by atoms with Crippen LogP contribution in [0.5, 0.6) is 0 Å². The molecule has 0 aliphatic carbocycles. The van der Waals surface area contributed by atoms with Gasteiger partial charge in [0, 0.05) is 38.8 Å². The summed E-state index contributed by atoms with van der Waals surface area (Å²) in [5, 5.41) is 10.3. The van der Waals surface area contributed by atoms with Crippen molar-refractivity contribution in [3.05, 3.63) is 53.6 Å². The average molecular weight is 257 g/mol. The average Bonchev–Trinajstić information content (AvgIpc) is 2.81. The molecule has 1 N–H and O–H groups in total. The number of fused-ring (bicyclic) bond motifs is 1. The molecule has 3 rings (SSSR count). The van der Waals surface area contributed by atoms with E-state index in [2.05, 4.69) is 14.5 Å². The van der Waals surface area contributed by atoms with Crippen molar-refractivity contribution in [1.82, 2.24) is 14.5 Å². The van der Waals surface area contributed by atoms with Gasteiger partial charge in [0.2, 0.25) is 0 Å². The second-order valence-corrected chi connectivity index (χ2v) is 5.16. The molecule has 4 nitrogen and oxygen atoms in total. The molecule has 0 amide bonds. The molecule has 0 fully saturated rings. The van der Waals surface area contributed by atoms with Crippen LogP contribution >= 0.6 is 0 Å². The number of β-amino-alcohol motifs (C(OH)–C–C–N with tert-alkyl or cyclic N) is 1. The van der Waals surface area contributed by atoms with Gasteiger partial charge in [0.1, 0.15) is 0 Å². The molecule has 1 aliphatic heterocycles. The fraction of sp³-hybridized carbons (Fsp3) is 0.400. The van der Waals surface area contributed by atoms with Gasteiger partial charge in [-0.15, -0.1) is 0 Å². The minimum absolute atomic E-state index is 0.425. The molecule has 0 spiro atoms. The first-order valence-electron chi connectivity index (χ1n) is 6.68. The summed E-state index contributed by atoms with van der Waals surface area (Å²) >= 11 is 0. The predicted octanol–water partition coefficient (Wildman–Crippen LogP) is 1.51. The molecule has 1 aromatic carbocycles. The van der Waals surface area contributed by atoms with E-state index in [-0.39, 0.29) is 0 Å². The van der Waals surface area contributed by atoms with Crippen molar-refractivity contribution in [2.75, 3.05) is 13.1 Å². The van der Waals surface area contributed by atoms with E-state index in [1.54, 1.807) is 0 Å². The van der Waals surface area contributed by atoms with E-state index in [1.807, 2.05) is 43.7 Å². The molecule has 100 valence electrons. The zero-order chi connectivity index (χ0) is 13.2. The molecule has 2 heterocycles. The van der Waals surface area contributed by atoms with Gasteiger partial charge in [-0.2, -0.15) is 0 Å². The van der Waals surface area contributed by atoms with Crippen molar-refractivity contribution < 1.29 is 5.11 Å². The van der Waals surface area contributed by atoms with Crippen LogP contribution in [0.2, 0.25) is 0 Å². The van der Waals surface area contributed by atoms with Crippen LogP contribution in [-0.2, 0) is 20.0 Å². The standard InChI is InChI=1S/C15H19N3O/c1-17-11-16-13-9-18(8-7-14(13)17)10-15(19)12-5-3-2-4-6-12/h2-6,11,15,19H,7-10H2,1H3/t15-/m0/s1. The Labute approximate surface area is 113 Å². The lowest BCUT2D eigenvalue weighted by atomic mass is 10.1. The maximum atomic E-state index is 10.3.